The van der Waals surface area contributed by atoms with Gasteiger partial charge in [0.25, 0.3) is 0 Å². The van der Waals surface area contributed by atoms with Crippen LogP contribution in [0.4, 0.5) is 24.5 Å². The second-order valence-electron chi connectivity index (χ2n) is 4.12. The zero-order chi connectivity index (χ0) is 15.6. The zero-order valence-electron chi connectivity index (χ0n) is 10.3. The molecule has 2 rings (SSSR count). The number of nitriles is 1. The highest BCUT2D eigenvalue weighted by molar-refractivity contribution is 9.10. The van der Waals surface area contributed by atoms with Crippen molar-refractivity contribution in [2.45, 2.75) is 6.18 Å². The van der Waals surface area contributed by atoms with Crippen LogP contribution in [-0.4, -0.2) is 0 Å². The van der Waals surface area contributed by atoms with E-state index < -0.39 is 17.3 Å². The second kappa shape index (κ2) is 5.96. The SMILES string of the molecule is N#Cc1ccc(Nc2ccc(Br)c(Cl)c2)cc1C(F)(F)F. The zero-order valence-corrected chi connectivity index (χ0v) is 12.6. The van der Waals surface area contributed by atoms with Crippen LogP contribution in [0.2, 0.25) is 5.02 Å². The van der Waals surface area contributed by atoms with Crippen molar-refractivity contribution >= 4 is 38.9 Å². The molecule has 0 heterocycles. The molecule has 0 fully saturated rings. The molecule has 0 atom stereocenters. The summed E-state index contributed by atoms with van der Waals surface area (Å²) in [4.78, 5) is 0. The minimum atomic E-state index is -4.58. The van der Waals surface area contributed by atoms with Gasteiger partial charge in [-0.05, 0) is 52.3 Å². The van der Waals surface area contributed by atoms with E-state index in [1.807, 2.05) is 0 Å². The Bertz CT molecular complexity index is 723. The molecule has 0 spiro atoms. The van der Waals surface area contributed by atoms with Gasteiger partial charge >= 0.3 is 6.18 Å². The summed E-state index contributed by atoms with van der Waals surface area (Å²) in [7, 11) is 0. The van der Waals surface area contributed by atoms with E-state index in [9.17, 15) is 13.2 Å². The van der Waals surface area contributed by atoms with Crippen molar-refractivity contribution in [2.24, 2.45) is 0 Å². The van der Waals surface area contributed by atoms with E-state index in [0.717, 1.165) is 12.1 Å². The molecule has 0 aromatic heterocycles. The fourth-order valence-corrected chi connectivity index (χ4v) is 2.12. The maximum absolute atomic E-state index is 12.9. The van der Waals surface area contributed by atoms with Gasteiger partial charge in [0, 0.05) is 15.8 Å². The molecule has 2 aromatic carbocycles. The number of benzene rings is 2. The van der Waals surface area contributed by atoms with Crippen molar-refractivity contribution < 1.29 is 13.2 Å². The van der Waals surface area contributed by atoms with Gasteiger partial charge in [-0.15, -0.1) is 0 Å². The van der Waals surface area contributed by atoms with Gasteiger partial charge in [-0.2, -0.15) is 18.4 Å². The molecular weight excluding hydrogens is 369 g/mol. The molecule has 0 amide bonds. The topological polar surface area (TPSA) is 35.8 Å². The van der Waals surface area contributed by atoms with Gasteiger partial charge < -0.3 is 5.32 Å². The lowest BCUT2D eigenvalue weighted by atomic mass is 10.1. The van der Waals surface area contributed by atoms with Gasteiger partial charge in [0.05, 0.1) is 22.2 Å². The van der Waals surface area contributed by atoms with Crippen LogP contribution in [0.3, 0.4) is 0 Å². The van der Waals surface area contributed by atoms with Gasteiger partial charge in [-0.1, -0.05) is 11.6 Å². The Morgan fingerprint density at radius 1 is 1.10 bits per heavy atom. The molecular formula is C14H7BrClF3N2. The predicted molar refractivity (Wildman–Crippen MR) is 78.6 cm³/mol. The molecule has 0 saturated heterocycles. The number of halogens is 5. The van der Waals surface area contributed by atoms with Gasteiger partial charge in [-0.25, -0.2) is 0 Å². The predicted octanol–water partition coefficient (Wildman–Crippen LogP) is 5.74. The molecule has 1 N–H and O–H groups in total. The lowest BCUT2D eigenvalue weighted by Gasteiger charge is -2.12. The van der Waals surface area contributed by atoms with Crippen molar-refractivity contribution in [3.63, 3.8) is 0 Å². The van der Waals surface area contributed by atoms with Crippen LogP contribution in [0.5, 0.6) is 0 Å². The summed E-state index contributed by atoms with van der Waals surface area (Å²) in [5, 5.41) is 12.0. The average molecular weight is 376 g/mol. The third-order valence-electron chi connectivity index (χ3n) is 2.65. The van der Waals surface area contributed by atoms with E-state index in [0.29, 0.717) is 15.2 Å². The van der Waals surface area contributed by atoms with Crippen molar-refractivity contribution in [1.82, 2.24) is 0 Å². The fraction of sp³-hybridized carbons (Fsp3) is 0.0714. The van der Waals surface area contributed by atoms with Gasteiger partial charge in [0.2, 0.25) is 0 Å². The smallest absolute Gasteiger partial charge is 0.355 e. The van der Waals surface area contributed by atoms with E-state index >= 15 is 0 Å². The number of nitrogens with zero attached hydrogens (tertiary/aromatic N) is 1. The molecule has 0 unspecified atom stereocenters. The number of nitrogens with one attached hydrogen (secondary N) is 1. The summed E-state index contributed by atoms with van der Waals surface area (Å²) in [6.45, 7) is 0. The van der Waals surface area contributed by atoms with Crippen LogP contribution in [0.1, 0.15) is 11.1 Å². The number of hydrogen-bond donors (Lipinski definition) is 1. The third kappa shape index (κ3) is 3.69. The molecule has 0 radical (unpaired) electrons. The van der Waals surface area contributed by atoms with E-state index in [2.05, 4.69) is 21.2 Å². The normalized spacial score (nSPS) is 11.0. The monoisotopic (exact) mass is 374 g/mol. The Labute approximate surface area is 132 Å². The second-order valence-corrected chi connectivity index (χ2v) is 5.39. The van der Waals surface area contributed by atoms with Crippen molar-refractivity contribution in [1.29, 1.82) is 5.26 Å². The Morgan fingerprint density at radius 2 is 1.71 bits per heavy atom. The van der Waals surface area contributed by atoms with Crippen molar-refractivity contribution in [3.05, 3.63) is 57.0 Å². The largest absolute Gasteiger partial charge is 0.417 e. The summed E-state index contributed by atoms with van der Waals surface area (Å²) in [5.41, 5.74) is -0.624. The Balaban J connectivity index is 2.37. The van der Waals surface area contributed by atoms with Crippen LogP contribution < -0.4 is 5.32 Å². The molecule has 0 aliphatic carbocycles. The molecule has 7 heteroatoms. The number of rotatable bonds is 2. The van der Waals surface area contributed by atoms with E-state index in [1.54, 1.807) is 18.2 Å². The maximum atomic E-state index is 12.9. The Kier molecular flexibility index (Phi) is 4.45. The van der Waals surface area contributed by atoms with Crippen molar-refractivity contribution in [2.75, 3.05) is 5.32 Å². The summed E-state index contributed by atoms with van der Waals surface area (Å²) >= 11 is 9.15. The molecule has 2 nitrogen and oxygen atoms in total. The van der Waals surface area contributed by atoms with Crippen LogP contribution in [0.15, 0.2) is 40.9 Å². The minimum Gasteiger partial charge on any atom is -0.355 e. The average Bonchev–Trinajstić information content (AvgIpc) is 2.42. The minimum absolute atomic E-state index is 0.222. The lowest BCUT2D eigenvalue weighted by molar-refractivity contribution is -0.137. The van der Waals surface area contributed by atoms with Crippen LogP contribution in [0.25, 0.3) is 0 Å². The van der Waals surface area contributed by atoms with Gasteiger partial charge in [0.1, 0.15) is 0 Å². The highest BCUT2D eigenvalue weighted by Crippen LogP contribution is 2.34. The van der Waals surface area contributed by atoms with Gasteiger partial charge in [-0.3, -0.25) is 0 Å². The molecule has 0 aliphatic heterocycles. The lowest BCUT2D eigenvalue weighted by Crippen LogP contribution is -2.08. The summed E-state index contributed by atoms with van der Waals surface area (Å²) in [6.07, 6.45) is -4.58. The van der Waals surface area contributed by atoms with Crippen LogP contribution >= 0.6 is 27.5 Å². The summed E-state index contributed by atoms with van der Waals surface area (Å²) in [6, 6.07) is 9.90. The quantitative estimate of drug-likeness (QED) is 0.727. The van der Waals surface area contributed by atoms with Crippen LogP contribution in [-0.2, 0) is 6.18 Å². The standard InChI is InChI=1S/C14H7BrClF3N2/c15-12-4-3-10(6-13(12)16)21-9-2-1-8(7-20)11(5-9)14(17,18)19/h1-6,21H. The third-order valence-corrected chi connectivity index (χ3v) is 3.89. The highest BCUT2D eigenvalue weighted by atomic mass is 79.9. The molecule has 0 bridgehead atoms. The van der Waals surface area contributed by atoms with Crippen molar-refractivity contribution in [3.8, 4) is 6.07 Å². The van der Waals surface area contributed by atoms with Crippen LogP contribution in [0, 0.1) is 11.3 Å². The molecule has 2 aromatic rings. The first-order valence-electron chi connectivity index (χ1n) is 5.64. The number of hydrogen-bond acceptors (Lipinski definition) is 2. The Hall–Kier alpha value is -1.71. The summed E-state index contributed by atoms with van der Waals surface area (Å²) < 4.78 is 39.3. The molecule has 21 heavy (non-hydrogen) atoms. The summed E-state index contributed by atoms with van der Waals surface area (Å²) in [5.74, 6) is 0. The number of alkyl halides is 3. The van der Waals surface area contributed by atoms with E-state index in [1.165, 1.54) is 12.1 Å². The first-order valence-corrected chi connectivity index (χ1v) is 6.82. The van der Waals surface area contributed by atoms with Gasteiger partial charge in [0.15, 0.2) is 0 Å². The highest BCUT2D eigenvalue weighted by Gasteiger charge is 2.33. The maximum Gasteiger partial charge on any atom is 0.417 e. The van der Waals surface area contributed by atoms with E-state index in [4.69, 9.17) is 16.9 Å². The molecule has 0 aliphatic rings. The Morgan fingerprint density at radius 3 is 2.29 bits per heavy atom. The molecule has 108 valence electrons. The van der Waals surface area contributed by atoms with E-state index in [-0.39, 0.29) is 5.69 Å². The molecule has 0 saturated carbocycles. The number of anilines is 2. The first-order chi connectivity index (χ1) is 9.81. The fourth-order valence-electron chi connectivity index (χ4n) is 1.69. The first kappa shape index (κ1) is 15.7.